The highest BCUT2D eigenvalue weighted by Gasteiger charge is 2.18. The highest BCUT2D eigenvalue weighted by Crippen LogP contribution is 2.35. The second kappa shape index (κ2) is 4.00. The van der Waals surface area contributed by atoms with Crippen molar-refractivity contribution >= 4 is 15.9 Å². The summed E-state index contributed by atoms with van der Waals surface area (Å²) >= 11 is 3.16. The van der Waals surface area contributed by atoms with Gasteiger partial charge < -0.3 is 4.74 Å². The first-order valence-corrected chi connectivity index (χ1v) is 4.34. The van der Waals surface area contributed by atoms with Crippen LogP contribution in [0.4, 0.5) is 8.78 Å². The Hall–Kier alpha value is -0.710. The number of rotatable bonds is 2. The summed E-state index contributed by atoms with van der Waals surface area (Å²) in [6, 6.07) is 0. The van der Waals surface area contributed by atoms with Crippen LogP contribution < -0.4 is 4.74 Å². The van der Waals surface area contributed by atoms with Crippen LogP contribution in [0.5, 0.6) is 5.75 Å². The Morgan fingerprint density at radius 3 is 2.62 bits per heavy atom. The average Bonchev–Trinajstić information content (AvgIpc) is 2.09. The van der Waals surface area contributed by atoms with E-state index in [1.54, 1.807) is 6.92 Å². The molecule has 0 saturated carbocycles. The maximum Gasteiger partial charge on any atom is 0.284 e. The smallest absolute Gasteiger partial charge is 0.284 e. The number of hydrogen-bond donors (Lipinski definition) is 0. The van der Waals surface area contributed by atoms with Crippen LogP contribution in [-0.4, -0.2) is 12.1 Å². The van der Waals surface area contributed by atoms with Crippen LogP contribution >= 0.6 is 15.9 Å². The molecule has 0 aliphatic heterocycles. The van der Waals surface area contributed by atoms with Gasteiger partial charge in [-0.05, 0) is 28.4 Å². The minimum Gasteiger partial charge on any atom is -0.493 e. The predicted octanol–water partition coefficient (Wildman–Crippen LogP) is 3.10. The maximum atomic E-state index is 12.4. The first-order valence-electron chi connectivity index (χ1n) is 3.55. The molecule has 72 valence electrons. The monoisotopic (exact) mass is 251 g/mol. The van der Waals surface area contributed by atoms with Crippen LogP contribution in [0.1, 0.15) is 17.7 Å². The normalized spacial score (nSPS) is 10.6. The van der Waals surface area contributed by atoms with E-state index in [-0.39, 0.29) is 11.4 Å². The van der Waals surface area contributed by atoms with Crippen molar-refractivity contribution in [2.24, 2.45) is 0 Å². The highest BCUT2D eigenvalue weighted by atomic mass is 79.9. The Morgan fingerprint density at radius 2 is 2.15 bits per heavy atom. The summed E-state index contributed by atoms with van der Waals surface area (Å²) in [6.07, 6.45) is -1.24. The third-order valence-electron chi connectivity index (χ3n) is 1.59. The largest absolute Gasteiger partial charge is 0.493 e. The van der Waals surface area contributed by atoms with E-state index in [4.69, 9.17) is 4.74 Å². The van der Waals surface area contributed by atoms with Gasteiger partial charge in [-0.2, -0.15) is 0 Å². The van der Waals surface area contributed by atoms with E-state index in [0.717, 1.165) is 5.56 Å². The molecule has 0 aromatic carbocycles. The van der Waals surface area contributed by atoms with E-state index in [2.05, 4.69) is 20.9 Å². The van der Waals surface area contributed by atoms with Crippen molar-refractivity contribution in [1.29, 1.82) is 0 Å². The van der Waals surface area contributed by atoms with E-state index in [9.17, 15) is 8.78 Å². The van der Waals surface area contributed by atoms with Gasteiger partial charge in [-0.3, -0.25) is 4.98 Å². The zero-order valence-corrected chi connectivity index (χ0v) is 8.73. The first kappa shape index (κ1) is 10.4. The summed E-state index contributed by atoms with van der Waals surface area (Å²) < 4.78 is 30.1. The Bertz CT molecular complexity index is 317. The van der Waals surface area contributed by atoms with Gasteiger partial charge in [0.1, 0.15) is 5.69 Å². The van der Waals surface area contributed by atoms with Gasteiger partial charge in [-0.25, -0.2) is 8.78 Å². The lowest BCUT2D eigenvalue weighted by Crippen LogP contribution is -1.98. The summed E-state index contributed by atoms with van der Waals surface area (Å²) in [5, 5.41) is 0. The van der Waals surface area contributed by atoms with Crippen molar-refractivity contribution in [2.75, 3.05) is 7.11 Å². The molecule has 0 fully saturated rings. The van der Waals surface area contributed by atoms with E-state index >= 15 is 0 Å². The minimum atomic E-state index is -2.62. The van der Waals surface area contributed by atoms with Gasteiger partial charge in [-0.15, -0.1) is 0 Å². The fourth-order valence-corrected chi connectivity index (χ4v) is 1.39. The molecule has 0 amide bonds. The van der Waals surface area contributed by atoms with Gasteiger partial charge >= 0.3 is 0 Å². The first-order chi connectivity index (χ1) is 6.07. The van der Waals surface area contributed by atoms with Crippen molar-refractivity contribution in [2.45, 2.75) is 13.3 Å². The molecule has 5 heteroatoms. The van der Waals surface area contributed by atoms with Gasteiger partial charge in [0.05, 0.1) is 11.6 Å². The van der Waals surface area contributed by atoms with E-state index in [1.807, 2.05) is 0 Å². The lowest BCUT2D eigenvalue weighted by molar-refractivity contribution is 0.141. The van der Waals surface area contributed by atoms with Crippen LogP contribution in [-0.2, 0) is 0 Å². The van der Waals surface area contributed by atoms with Crippen LogP contribution in [0, 0.1) is 6.92 Å². The van der Waals surface area contributed by atoms with E-state index < -0.39 is 6.43 Å². The number of pyridine rings is 1. The van der Waals surface area contributed by atoms with Crippen molar-refractivity contribution in [3.8, 4) is 5.75 Å². The highest BCUT2D eigenvalue weighted by molar-refractivity contribution is 9.10. The fraction of sp³-hybridized carbons (Fsp3) is 0.375. The second-order valence-corrected chi connectivity index (χ2v) is 3.27. The second-order valence-electron chi connectivity index (χ2n) is 2.47. The minimum absolute atomic E-state index is 0.106. The molecule has 2 nitrogen and oxygen atoms in total. The molecule has 0 atom stereocenters. The lowest BCUT2D eigenvalue weighted by atomic mass is 10.2. The summed E-state index contributed by atoms with van der Waals surface area (Å²) in [6.45, 7) is 1.76. The quantitative estimate of drug-likeness (QED) is 0.806. The third-order valence-corrected chi connectivity index (χ3v) is 2.57. The SMILES string of the molecule is COc1c(C(F)F)ncc(C)c1Br. The standard InChI is InChI=1S/C8H8BrF2NO/c1-4-3-12-6(8(10)11)7(13-2)5(4)9/h3,8H,1-2H3. The molecule has 13 heavy (non-hydrogen) atoms. The Morgan fingerprint density at radius 1 is 1.54 bits per heavy atom. The van der Waals surface area contributed by atoms with Crippen LogP contribution in [0.2, 0.25) is 0 Å². The summed E-state index contributed by atoms with van der Waals surface area (Å²) in [4.78, 5) is 3.60. The molecule has 0 saturated heterocycles. The zero-order valence-electron chi connectivity index (χ0n) is 7.14. The summed E-state index contributed by atoms with van der Waals surface area (Å²) in [7, 11) is 1.34. The molecule has 0 aliphatic carbocycles. The molecule has 0 spiro atoms. The molecule has 0 radical (unpaired) electrons. The van der Waals surface area contributed by atoms with Crippen molar-refractivity contribution < 1.29 is 13.5 Å². The number of ether oxygens (including phenoxy) is 1. The number of alkyl halides is 2. The molecule has 1 aromatic rings. The molecule has 0 unspecified atom stereocenters. The number of hydrogen-bond acceptors (Lipinski definition) is 2. The molecular formula is C8H8BrF2NO. The zero-order chi connectivity index (χ0) is 10.0. The fourth-order valence-electron chi connectivity index (χ4n) is 0.923. The lowest BCUT2D eigenvalue weighted by Gasteiger charge is -2.09. The topological polar surface area (TPSA) is 22.1 Å². The number of nitrogens with zero attached hydrogens (tertiary/aromatic N) is 1. The molecule has 1 rings (SSSR count). The number of aromatic nitrogens is 1. The molecular weight excluding hydrogens is 244 g/mol. The van der Waals surface area contributed by atoms with Crippen LogP contribution in [0.3, 0.4) is 0 Å². The van der Waals surface area contributed by atoms with Gasteiger partial charge in [0.25, 0.3) is 6.43 Å². The van der Waals surface area contributed by atoms with Crippen LogP contribution in [0.25, 0.3) is 0 Å². The Kier molecular flexibility index (Phi) is 3.19. The average molecular weight is 252 g/mol. The number of halogens is 3. The number of methoxy groups -OCH3 is 1. The van der Waals surface area contributed by atoms with Crippen molar-refractivity contribution in [3.05, 3.63) is 21.9 Å². The maximum absolute atomic E-state index is 12.4. The van der Waals surface area contributed by atoms with Gasteiger partial charge in [-0.1, -0.05) is 0 Å². The Labute approximate surface area is 83.1 Å². The molecule has 0 aliphatic rings. The van der Waals surface area contributed by atoms with Gasteiger partial charge in [0.2, 0.25) is 0 Å². The summed E-state index contributed by atoms with van der Waals surface area (Å²) in [5.41, 5.74) is 0.432. The molecule has 1 heterocycles. The van der Waals surface area contributed by atoms with Crippen molar-refractivity contribution in [3.63, 3.8) is 0 Å². The number of aryl methyl sites for hydroxylation is 1. The predicted molar refractivity (Wildman–Crippen MR) is 48.2 cm³/mol. The van der Waals surface area contributed by atoms with E-state index in [1.165, 1.54) is 13.3 Å². The van der Waals surface area contributed by atoms with Gasteiger partial charge in [0.15, 0.2) is 5.75 Å². The Balaban J connectivity index is 3.30. The van der Waals surface area contributed by atoms with E-state index in [0.29, 0.717) is 4.47 Å². The third kappa shape index (κ3) is 1.96. The molecule has 0 N–H and O–H groups in total. The summed E-state index contributed by atoms with van der Waals surface area (Å²) in [5.74, 6) is 0.106. The molecule has 1 aromatic heterocycles. The van der Waals surface area contributed by atoms with Crippen LogP contribution in [0.15, 0.2) is 10.7 Å². The molecule has 0 bridgehead atoms. The van der Waals surface area contributed by atoms with Gasteiger partial charge in [0, 0.05) is 6.20 Å². The van der Waals surface area contributed by atoms with Crippen molar-refractivity contribution in [1.82, 2.24) is 4.98 Å².